The minimum absolute atomic E-state index is 0.187. The lowest BCUT2D eigenvalue weighted by Gasteiger charge is -2.18. The molecule has 0 amide bonds. The zero-order chi connectivity index (χ0) is 8.20. The summed E-state index contributed by atoms with van der Waals surface area (Å²) in [5.41, 5.74) is -1.06. The summed E-state index contributed by atoms with van der Waals surface area (Å²) in [5.74, 6) is -0.502. The average Bonchev–Trinajstić information content (AvgIpc) is 1.59. The van der Waals surface area contributed by atoms with Crippen molar-refractivity contribution in [3.63, 3.8) is 0 Å². The first-order valence-electron chi connectivity index (χ1n) is 2.91. The van der Waals surface area contributed by atoms with Crippen LogP contribution in [0, 0.1) is 0 Å². The van der Waals surface area contributed by atoms with Crippen molar-refractivity contribution in [1.82, 2.24) is 0 Å². The molecular weight excluding hydrogens is 152 g/mol. The van der Waals surface area contributed by atoms with Gasteiger partial charge in [-0.2, -0.15) is 11.8 Å². The largest absolute Gasteiger partial charge is 0.481 e. The second kappa shape index (κ2) is 3.83. The summed E-state index contributed by atoms with van der Waals surface area (Å²) in [4.78, 5) is 10.1. The SMILES string of the molecule is CSCC(C)(O)CC(=O)O. The highest BCUT2D eigenvalue weighted by atomic mass is 32.2. The van der Waals surface area contributed by atoms with Crippen molar-refractivity contribution in [3.8, 4) is 0 Å². The van der Waals surface area contributed by atoms with E-state index in [1.54, 1.807) is 0 Å². The first-order chi connectivity index (χ1) is 4.48. The van der Waals surface area contributed by atoms with E-state index in [2.05, 4.69) is 0 Å². The first-order valence-corrected chi connectivity index (χ1v) is 4.30. The molecule has 0 aliphatic rings. The maximum atomic E-state index is 10.1. The Hall–Kier alpha value is -0.220. The molecule has 4 heteroatoms. The number of hydrogen-bond acceptors (Lipinski definition) is 3. The van der Waals surface area contributed by atoms with Gasteiger partial charge in [0.2, 0.25) is 0 Å². The van der Waals surface area contributed by atoms with Crippen LogP contribution in [0.15, 0.2) is 0 Å². The number of carbonyl (C=O) groups is 1. The molecule has 0 heterocycles. The van der Waals surface area contributed by atoms with Gasteiger partial charge in [0.1, 0.15) is 0 Å². The van der Waals surface area contributed by atoms with Gasteiger partial charge in [-0.3, -0.25) is 4.79 Å². The minimum atomic E-state index is -1.06. The Bertz CT molecular complexity index is 122. The van der Waals surface area contributed by atoms with Gasteiger partial charge < -0.3 is 10.2 Å². The molecule has 0 spiro atoms. The van der Waals surface area contributed by atoms with Crippen molar-refractivity contribution in [2.45, 2.75) is 18.9 Å². The molecule has 0 saturated heterocycles. The van der Waals surface area contributed by atoms with Crippen LogP contribution < -0.4 is 0 Å². The van der Waals surface area contributed by atoms with Crippen molar-refractivity contribution in [2.75, 3.05) is 12.0 Å². The summed E-state index contributed by atoms with van der Waals surface area (Å²) in [5, 5.41) is 17.6. The maximum absolute atomic E-state index is 10.1. The highest BCUT2D eigenvalue weighted by molar-refractivity contribution is 7.98. The summed E-state index contributed by atoms with van der Waals surface area (Å²) in [6.07, 6.45) is 1.64. The molecule has 0 rings (SSSR count). The average molecular weight is 164 g/mol. The number of rotatable bonds is 4. The third-order valence-corrected chi connectivity index (χ3v) is 1.90. The molecular formula is C6H12O3S. The van der Waals surface area contributed by atoms with Crippen LogP contribution in [0.1, 0.15) is 13.3 Å². The predicted molar refractivity (Wildman–Crippen MR) is 41.3 cm³/mol. The fourth-order valence-electron chi connectivity index (χ4n) is 0.688. The molecule has 1 unspecified atom stereocenters. The monoisotopic (exact) mass is 164 g/mol. The Morgan fingerprint density at radius 3 is 2.50 bits per heavy atom. The predicted octanol–water partition coefficient (Wildman–Crippen LogP) is 0.575. The Kier molecular flexibility index (Phi) is 3.75. The molecule has 60 valence electrons. The van der Waals surface area contributed by atoms with E-state index in [1.165, 1.54) is 18.7 Å². The molecule has 0 aliphatic heterocycles. The molecule has 0 radical (unpaired) electrons. The van der Waals surface area contributed by atoms with E-state index in [0.717, 1.165) is 0 Å². The smallest absolute Gasteiger partial charge is 0.306 e. The van der Waals surface area contributed by atoms with E-state index in [1.807, 2.05) is 6.26 Å². The zero-order valence-corrected chi connectivity index (χ0v) is 6.94. The third kappa shape index (κ3) is 4.64. The molecule has 0 aromatic heterocycles. The number of hydrogen-bond donors (Lipinski definition) is 2. The van der Waals surface area contributed by atoms with Crippen molar-refractivity contribution in [1.29, 1.82) is 0 Å². The van der Waals surface area contributed by atoms with E-state index in [-0.39, 0.29) is 6.42 Å². The van der Waals surface area contributed by atoms with Gasteiger partial charge in [-0.25, -0.2) is 0 Å². The zero-order valence-electron chi connectivity index (χ0n) is 6.13. The molecule has 1 atom stereocenters. The summed E-state index contributed by atoms with van der Waals surface area (Å²) in [7, 11) is 0. The van der Waals surface area contributed by atoms with E-state index >= 15 is 0 Å². The van der Waals surface area contributed by atoms with E-state index in [0.29, 0.717) is 5.75 Å². The summed E-state index contributed by atoms with van der Waals surface area (Å²) in [6.45, 7) is 1.53. The molecule has 0 aliphatic carbocycles. The summed E-state index contributed by atoms with van der Waals surface area (Å²) in [6, 6.07) is 0. The normalized spacial score (nSPS) is 16.3. The lowest BCUT2D eigenvalue weighted by atomic mass is 10.1. The molecule has 0 aromatic carbocycles. The summed E-state index contributed by atoms with van der Waals surface area (Å²) >= 11 is 1.44. The van der Waals surface area contributed by atoms with Gasteiger partial charge in [-0.1, -0.05) is 0 Å². The van der Waals surface area contributed by atoms with Crippen molar-refractivity contribution in [3.05, 3.63) is 0 Å². The fourth-order valence-corrected chi connectivity index (χ4v) is 1.41. The maximum Gasteiger partial charge on any atom is 0.306 e. The van der Waals surface area contributed by atoms with Crippen LogP contribution in [-0.2, 0) is 4.79 Å². The highest BCUT2D eigenvalue weighted by Crippen LogP contribution is 2.14. The van der Waals surface area contributed by atoms with Crippen LogP contribution in [0.4, 0.5) is 0 Å². The van der Waals surface area contributed by atoms with Gasteiger partial charge in [-0.05, 0) is 13.2 Å². The topological polar surface area (TPSA) is 57.5 Å². The van der Waals surface area contributed by atoms with Crippen molar-refractivity contribution < 1.29 is 15.0 Å². The third-order valence-electron chi connectivity index (χ3n) is 0.987. The first kappa shape index (κ1) is 9.78. The molecule has 2 N–H and O–H groups in total. The van der Waals surface area contributed by atoms with Crippen molar-refractivity contribution >= 4 is 17.7 Å². The fraction of sp³-hybridized carbons (Fsp3) is 0.833. The highest BCUT2D eigenvalue weighted by Gasteiger charge is 2.22. The van der Waals surface area contributed by atoms with Crippen LogP contribution in [0.2, 0.25) is 0 Å². The van der Waals surface area contributed by atoms with Gasteiger partial charge in [-0.15, -0.1) is 0 Å². The number of carboxylic acid groups (broad SMARTS) is 1. The van der Waals surface area contributed by atoms with Crippen molar-refractivity contribution in [2.24, 2.45) is 0 Å². The standard InChI is InChI=1S/C6H12O3S/c1-6(9,4-10-2)3-5(7)8/h9H,3-4H2,1-2H3,(H,7,8). The number of thioether (sulfide) groups is 1. The molecule has 0 saturated carbocycles. The Labute approximate surface area is 64.4 Å². The van der Waals surface area contributed by atoms with Crippen LogP contribution in [0.3, 0.4) is 0 Å². The second-order valence-electron chi connectivity index (χ2n) is 2.50. The Morgan fingerprint density at radius 1 is 1.70 bits per heavy atom. The van der Waals surface area contributed by atoms with Crippen LogP contribution >= 0.6 is 11.8 Å². The van der Waals surface area contributed by atoms with Gasteiger partial charge in [0.05, 0.1) is 12.0 Å². The lowest BCUT2D eigenvalue weighted by molar-refractivity contribution is -0.141. The molecule has 0 bridgehead atoms. The van der Waals surface area contributed by atoms with E-state index in [9.17, 15) is 9.90 Å². The molecule has 0 fully saturated rings. The molecule has 10 heavy (non-hydrogen) atoms. The van der Waals surface area contributed by atoms with Crippen LogP contribution in [0.5, 0.6) is 0 Å². The van der Waals surface area contributed by atoms with Gasteiger partial charge in [0, 0.05) is 5.75 Å². The Morgan fingerprint density at radius 2 is 2.20 bits per heavy atom. The quantitative estimate of drug-likeness (QED) is 0.638. The number of aliphatic carboxylic acids is 1. The van der Waals surface area contributed by atoms with Crippen LogP contribution in [0.25, 0.3) is 0 Å². The lowest BCUT2D eigenvalue weighted by Crippen LogP contribution is -2.30. The van der Waals surface area contributed by atoms with Gasteiger partial charge in [0.15, 0.2) is 0 Å². The van der Waals surface area contributed by atoms with E-state index < -0.39 is 11.6 Å². The van der Waals surface area contributed by atoms with Gasteiger partial charge >= 0.3 is 5.97 Å². The summed E-state index contributed by atoms with van der Waals surface area (Å²) < 4.78 is 0. The van der Waals surface area contributed by atoms with E-state index in [4.69, 9.17) is 5.11 Å². The second-order valence-corrected chi connectivity index (χ2v) is 3.37. The Balaban J connectivity index is 3.74. The van der Waals surface area contributed by atoms with Gasteiger partial charge in [0.25, 0.3) is 0 Å². The van der Waals surface area contributed by atoms with Crippen LogP contribution in [-0.4, -0.2) is 33.8 Å². The number of carboxylic acids is 1. The minimum Gasteiger partial charge on any atom is -0.481 e. The molecule has 0 aromatic rings. The number of aliphatic hydroxyl groups is 1. The molecule has 3 nitrogen and oxygen atoms in total.